The molecule has 0 aromatic heterocycles. The average Bonchev–Trinajstić information content (AvgIpc) is 3.62. The van der Waals surface area contributed by atoms with Crippen LogP contribution in [0.5, 0.6) is 17.2 Å². The van der Waals surface area contributed by atoms with Gasteiger partial charge in [0.1, 0.15) is 5.75 Å². The third-order valence-electron chi connectivity index (χ3n) is 7.77. The highest BCUT2D eigenvalue weighted by Crippen LogP contribution is 2.43. The summed E-state index contributed by atoms with van der Waals surface area (Å²) in [7, 11) is 1.65. The Morgan fingerprint density at radius 2 is 1.77 bits per heavy atom. The zero-order valence-electron chi connectivity index (χ0n) is 23.0. The van der Waals surface area contributed by atoms with Crippen LogP contribution in [0.1, 0.15) is 54.8 Å². The molecular formula is C31H35N3O6. The lowest BCUT2D eigenvalue weighted by Crippen LogP contribution is -2.40. The van der Waals surface area contributed by atoms with Gasteiger partial charge >= 0.3 is 0 Å². The first-order valence-corrected chi connectivity index (χ1v) is 13.7. The van der Waals surface area contributed by atoms with Gasteiger partial charge in [0, 0.05) is 37.8 Å². The number of nitro benzene ring substituents is 1. The van der Waals surface area contributed by atoms with E-state index in [1.54, 1.807) is 19.2 Å². The molecule has 0 radical (unpaired) electrons. The third-order valence-corrected chi connectivity index (χ3v) is 7.77. The molecule has 0 aliphatic carbocycles. The van der Waals surface area contributed by atoms with Crippen molar-refractivity contribution in [2.45, 2.75) is 44.7 Å². The molecular weight excluding hydrogens is 510 g/mol. The van der Waals surface area contributed by atoms with E-state index in [1.165, 1.54) is 17.7 Å². The number of unbranched alkanes of at least 4 members (excludes halogenated alkanes) is 1. The highest BCUT2D eigenvalue weighted by molar-refractivity contribution is 5.78. The van der Waals surface area contributed by atoms with Crippen LogP contribution >= 0.6 is 0 Å². The second kappa shape index (κ2) is 12.4. The van der Waals surface area contributed by atoms with Crippen LogP contribution in [0.4, 0.5) is 5.69 Å². The molecule has 9 heteroatoms. The van der Waals surface area contributed by atoms with E-state index in [0.29, 0.717) is 13.1 Å². The second-order valence-corrected chi connectivity index (χ2v) is 10.4. The summed E-state index contributed by atoms with van der Waals surface area (Å²) >= 11 is 0. The van der Waals surface area contributed by atoms with Gasteiger partial charge in [-0.1, -0.05) is 43.7 Å². The van der Waals surface area contributed by atoms with Crippen LogP contribution in [0.3, 0.4) is 0 Å². The summed E-state index contributed by atoms with van der Waals surface area (Å²) in [6.07, 6.45) is 2.73. The molecule has 210 valence electrons. The fourth-order valence-electron chi connectivity index (χ4n) is 5.52. The SMILES string of the molecule is CCCCN(Cc1ccc([N+](=O)[O-])cc1)C(=O)CN1C[C@@H](c2ccc3c(c2)OCO3)C[C@@H]1c1ccc(OC)cc1. The summed E-state index contributed by atoms with van der Waals surface area (Å²) in [5.74, 6) is 2.61. The van der Waals surface area contributed by atoms with Gasteiger partial charge < -0.3 is 19.1 Å². The first-order chi connectivity index (χ1) is 19.4. The summed E-state index contributed by atoms with van der Waals surface area (Å²) in [5.41, 5.74) is 3.24. The van der Waals surface area contributed by atoms with Crippen molar-refractivity contribution in [3.05, 3.63) is 93.5 Å². The van der Waals surface area contributed by atoms with Crippen LogP contribution in [-0.2, 0) is 11.3 Å². The summed E-state index contributed by atoms with van der Waals surface area (Å²) < 4.78 is 16.5. The van der Waals surface area contributed by atoms with Crippen molar-refractivity contribution in [2.75, 3.05) is 33.5 Å². The molecule has 0 N–H and O–H groups in total. The Bertz CT molecular complexity index is 1330. The molecule has 2 atom stereocenters. The topological polar surface area (TPSA) is 94.4 Å². The molecule has 2 aliphatic rings. The largest absolute Gasteiger partial charge is 0.497 e. The number of carbonyl (C=O) groups excluding carboxylic acids is 1. The molecule has 1 amide bonds. The lowest BCUT2D eigenvalue weighted by Gasteiger charge is -2.29. The molecule has 2 aliphatic heterocycles. The molecule has 3 aromatic carbocycles. The molecule has 40 heavy (non-hydrogen) atoms. The van der Waals surface area contributed by atoms with E-state index < -0.39 is 4.92 Å². The van der Waals surface area contributed by atoms with Crippen LogP contribution < -0.4 is 14.2 Å². The van der Waals surface area contributed by atoms with Gasteiger partial charge in [-0.25, -0.2) is 0 Å². The van der Waals surface area contributed by atoms with Gasteiger partial charge in [0.2, 0.25) is 12.7 Å². The maximum atomic E-state index is 13.8. The van der Waals surface area contributed by atoms with E-state index in [-0.39, 0.29) is 36.9 Å². The molecule has 0 bridgehead atoms. The zero-order chi connectivity index (χ0) is 28.1. The van der Waals surface area contributed by atoms with Gasteiger partial charge in [0.25, 0.3) is 5.69 Å². The average molecular weight is 546 g/mol. The van der Waals surface area contributed by atoms with Crippen molar-refractivity contribution in [3.8, 4) is 17.2 Å². The maximum Gasteiger partial charge on any atom is 0.269 e. The first kappa shape index (κ1) is 27.5. The molecule has 9 nitrogen and oxygen atoms in total. The molecule has 0 spiro atoms. The van der Waals surface area contributed by atoms with E-state index in [2.05, 4.69) is 36.1 Å². The fraction of sp³-hybridized carbons (Fsp3) is 0.387. The Balaban J connectivity index is 1.36. The van der Waals surface area contributed by atoms with Gasteiger partial charge in [0.15, 0.2) is 11.5 Å². The minimum atomic E-state index is -0.410. The number of carbonyl (C=O) groups is 1. The zero-order valence-corrected chi connectivity index (χ0v) is 23.0. The van der Waals surface area contributed by atoms with E-state index in [0.717, 1.165) is 54.2 Å². The Kier molecular flexibility index (Phi) is 8.50. The van der Waals surface area contributed by atoms with Crippen LogP contribution in [0, 0.1) is 10.1 Å². The number of rotatable bonds is 11. The third kappa shape index (κ3) is 6.20. The number of likely N-dealkylation sites (tertiary alicyclic amines) is 1. The molecule has 2 heterocycles. The normalized spacial score (nSPS) is 18.1. The number of non-ortho nitro benzene ring substituents is 1. The second-order valence-electron chi connectivity index (χ2n) is 10.4. The van der Waals surface area contributed by atoms with Crippen molar-refractivity contribution in [1.82, 2.24) is 9.80 Å². The molecule has 0 unspecified atom stereocenters. The van der Waals surface area contributed by atoms with Crippen molar-refractivity contribution < 1.29 is 23.9 Å². The number of amides is 1. The smallest absolute Gasteiger partial charge is 0.269 e. The van der Waals surface area contributed by atoms with Crippen LogP contribution in [0.2, 0.25) is 0 Å². The monoisotopic (exact) mass is 545 g/mol. The van der Waals surface area contributed by atoms with Gasteiger partial charge in [-0.15, -0.1) is 0 Å². The van der Waals surface area contributed by atoms with Crippen molar-refractivity contribution in [3.63, 3.8) is 0 Å². The van der Waals surface area contributed by atoms with Gasteiger partial charge in [-0.2, -0.15) is 0 Å². The van der Waals surface area contributed by atoms with E-state index in [9.17, 15) is 14.9 Å². The maximum absolute atomic E-state index is 13.8. The van der Waals surface area contributed by atoms with Gasteiger partial charge in [-0.3, -0.25) is 19.8 Å². The van der Waals surface area contributed by atoms with Crippen molar-refractivity contribution >= 4 is 11.6 Å². The predicted octanol–water partition coefficient (Wildman–Crippen LogP) is 5.69. The highest BCUT2D eigenvalue weighted by atomic mass is 16.7. The predicted molar refractivity (Wildman–Crippen MR) is 151 cm³/mol. The Morgan fingerprint density at radius 1 is 1.05 bits per heavy atom. The number of hydrogen-bond donors (Lipinski definition) is 0. The molecule has 0 saturated carbocycles. The minimum Gasteiger partial charge on any atom is -0.497 e. The Morgan fingerprint density at radius 3 is 2.48 bits per heavy atom. The number of fused-ring (bicyclic) bond motifs is 1. The summed E-state index contributed by atoms with van der Waals surface area (Å²) in [6, 6.07) is 20.7. The lowest BCUT2D eigenvalue weighted by atomic mass is 9.93. The van der Waals surface area contributed by atoms with Crippen LogP contribution in [0.15, 0.2) is 66.7 Å². The number of nitrogens with zero attached hydrogens (tertiary/aromatic N) is 3. The molecule has 5 rings (SSSR count). The first-order valence-electron chi connectivity index (χ1n) is 13.7. The number of methoxy groups -OCH3 is 1. The van der Waals surface area contributed by atoms with E-state index in [4.69, 9.17) is 14.2 Å². The standard InChI is InChI=1S/C31H35N3O6/c1-3-4-15-32(18-22-5-10-26(11-6-22)34(36)37)31(35)20-33-19-25(24-9-14-29-30(17-24)40-21-39-29)16-28(33)23-7-12-27(38-2)13-8-23/h5-14,17,25,28H,3-4,15-16,18-21H2,1-2H3/t25-,28+/m0/s1. The van der Waals surface area contributed by atoms with Gasteiger partial charge in [-0.05, 0) is 59.7 Å². The van der Waals surface area contributed by atoms with E-state index in [1.807, 2.05) is 23.1 Å². The number of nitro groups is 1. The van der Waals surface area contributed by atoms with Crippen LogP contribution in [-0.4, -0.2) is 54.2 Å². The number of benzene rings is 3. The minimum absolute atomic E-state index is 0.0455. The van der Waals surface area contributed by atoms with E-state index >= 15 is 0 Å². The van der Waals surface area contributed by atoms with Crippen molar-refractivity contribution in [2.24, 2.45) is 0 Å². The highest BCUT2D eigenvalue weighted by Gasteiger charge is 2.36. The van der Waals surface area contributed by atoms with Crippen LogP contribution in [0.25, 0.3) is 0 Å². The molecule has 1 fully saturated rings. The summed E-state index contributed by atoms with van der Waals surface area (Å²) in [5, 5.41) is 11.1. The number of ether oxygens (including phenoxy) is 3. The quantitative estimate of drug-likeness (QED) is 0.226. The fourth-order valence-corrected chi connectivity index (χ4v) is 5.52. The lowest BCUT2D eigenvalue weighted by molar-refractivity contribution is -0.384. The summed E-state index contributed by atoms with van der Waals surface area (Å²) in [4.78, 5) is 28.6. The number of hydrogen-bond acceptors (Lipinski definition) is 7. The van der Waals surface area contributed by atoms with Crippen molar-refractivity contribution in [1.29, 1.82) is 0 Å². The summed E-state index contributed by atoms with van der Waals surface area (Å²) in [6.45, 7) is 4.42. The Labute approximate surface area is 234 Å². The molecule has 3 aromatic rings. The van der Waals surface area contributed by atoms with Gasteiger partial charge in [0.05, 0.1) is 18.6 Å². The Hall–Kier alpha value is -4.11. The molecule has 1 saturated heterocycles.